The number of carbonyl (C=O) groups excluding carboxylic acids is 1. The summed E-state index contributed by atoms with van der Waals surface area (Å²) in [5.74, 6) is 1.14. The number of anilines is 1. The SMILES string of the molecule is Cc1ccc(NC(=O)CSc2nnc(CCCOc3ccc(Cl)cc3Cl)o2)c(C)c1. The van der Waals surface area contributed by atoms with Crippen molar-refractivity contribution in [3.8, 4) is 5.75 Å². The second kappa shape index (κ2) is 10.7. The monoisotopic (exact) mass is 465 g/mol. The number of hydrogen-bond acceptors (Lipinski definition) is 6. The number of ether oxygens (including phenoxy) is 1. The molecule has 0 fully saturated rings. The van der Waals surface area contributed by atoms with Crippen LogP contribution in [0.25, 0.3) is 0 Å². The summed E-state index contributed by atoms with van der Waals surface area (Å²) in [5.41, 5.74) is 2.98. The molecule has 158 valence electrons. The number of hydrogen-bond donors (Lipinski definition) is 1. The molecule has 3 rings (SSSR count). The number of nitrogens with one attached hydrogen (secondary N) is 1. The Balaban J connectivity index is 1.39. The molecule has 0 unspecified atom stereocenters. The van der Waals surface area contributed by atoms with E-state index in [1.807, 2.05) is 32.0 Å². The molecule has 3 aromatic rings. The Kier molecular flexibility index (Phi) is 8.01. The highest BCUT2D eigenvalue weighted by Gasteiger charge is 2.11. The molecule has 0 aliphatic rings. The van der Waals surface area contributed by atoms with E-state index in [2.05, 4.69) is 15.5 Å². The van der Waals surface area contributed by atoms with E-state index in [0.29, 0.717) is 46.4 Å². The van der Waals surface area contributed by atoms with Crippen molar-refractivity contribution in [2.45, 2.75) is 31.9 Å². The van der Waals surface area contributed by atoms with Gasteiger partial charge < -0.3 is 14.5 Å². The van der Waals surface area contributed by atoms with Crippen LogP contribution >= 0.6 is 35.0 Å². The zero-order chi connectivity index (χ0) is 21.5. The summed E-state index contributed by atoms with van der Waals surface area (Å²) in [6.45, 7) is 4.43. The van der Waals surface area contributed by atoms with Crippen molar-refractivity contribution in [3.63, 3.8) is 0 Å². The lowest BCUT2D eigenvalue weighted by molar-refractivity contribution is -0.113. The van der Waals surface area contributed by atoms with Crippen LogP contribution in [0.4, 0.5) is 5.69 Å². The van der Waals surface area contributed by atoms with Gasteiger partial charge in [0.1, 0.15) is 5.75 Å². The molecule has 0 saturated heterocycles. The number of aryl methyl sites for hydroxylation is 3. The number of carbonyl (C=O) groups is 1. The molecule has 1 amide bonds. The second-order valence-corrected chi connectivity index (χ2v) is 8.41. The Bertz CT molecular complexity index is 1030. The molecule has 0 radical (unpaired) electrons. The van der Waals surface area contributed by atoms with Crippen molar-refractivity contribution in [1.29, 1.82) is 0 Å². The first-order valence-corrected chi connectivity index (χ1v) is 11.0. The Hall–Kier alpha value is -2.22. The number of halogens is 2. The van der Waals surface area contributed by atoms with E-state index in [0.717, 1.165) is 16.8 Å². The second-order valence-electron chi connectivity index (χ2n) is 6.64. The predicted molar refractivity (Wildman–Crippen MR) is 120 cm³/mol. The van der Waals surface area contributed by atoms with Gasteiger partial charge in [0.25, 0.3) is 5.22 Å². The fraction of sp³-hybridized carbons (Fsp3) is 0.286. The van der Waals surface area contributed by atoms with Crippen LogP contribution < -0.4 is 10.1 Å². The molecular formula is C21H21Cl2N3O3S. The van der Waals surface area contributed by atoms with Gasteiger partial charge in [-0.3, -0.25) is 4.79 Å². The van der Waals surface area contributed by atoms with Gasteiger partial charge in [-0.15, -0.1) is 10.2 Å². The molecule has 0 aliphatic heterocycles. The van der Waals surface area contributed by atoms with Crippen LogP contribution in [0.1, 0.15) is 23.4 Å². The molecule has 0 bridgehead atoms. The lowest BCUT2D eigenvalue weighted by Gasteiger charge is -2.08. The number of rotatable bonds is 9. The highest BCUT2D eigenvalue weighted by molar-refractivity contribution is 7.99. The van der Waals surface area contributed by atoms with Crippen LogP contribution in [-0.2, 0) is 11.2 Å². The summed E-state index contributed by atoms with van der Waals surface area (Å²) in [4.78, 5) is 12.2. The van der Waals surface area contributed by atoms with E-state index in [-0.39, 0.29) is 11.7 Å². The van der Waals surface area contributed by atoms with Gasteiger partial charge in [-0.1, -0.05) is 52.7 Å². The fourth-order valence-electron chi connectivity index (χ4n) is 2.66. The van der Waals surface area contributed by atoms with Crippen molar-refractivity contribution in [2.24, 2.45) is 0 Å². The Morgan fingerprint density at radius 2 is 2.00 bits per heavy atom. The molecule has 1 heterocycles. The third-order valence-electron chi connectivity index (χ3n) is 4.12. The highest BCUT2D eigenvalue weighted by atomic mass is 35.5. The summed E-state index contributed by atoms with van der Waals surface area (Å²) in [7, 11) is 0. The van der Waals surface area contributed by atoms with Gasteiger partial charge in [-0.2, -0.15) is 0 Å². The first kappa shape index (κ1) is 22.5. The molecule has 2 aromatic carbocycles. The minimum Gasteiger partial charge on any atom is -0.492 e. The standard InChI is InChI=1S/C21H21Cl2N3O3S/c1-13-5-7-17(14(2)10-13)24-19(27)12-30-21-26-25-20(29-21)4-3-9-28-18-8-6-15(22)11-16(18)23/h5-8,10-11H,3-4,9,12H2,1-2H3,(H,24,27). The van der Waals surface area contributed by atoms with Gasteiger partial charge in [-0.25, -0.2) is 0 Å². The summed E-state index contributed by atoms with van der Waals surface area (Å²) < 4.78 is 11.2. The number of aromatic nitrogens is 2. The Morgan fingerprint density at radius 1 is 1.17 bits per heavy atom. The predicted octanol–water partition coefficient (Wildman–Crippen LogP) is 5.74. The lowest BCUT2D eigenvalue weighted by atomic mass is 10.1. The average Bonchev–Trinajstić information content (AvgIpc) is 3.15. The summed E-state index contributed by atoms with van der Waals surface area (Å²) in [6.07, 6.45) is 1.24. The van der Waals surface area contributed by atoms with E-state index in [1.165, 1.54) is 11.8 Å². The van der Waals surface area contributed by atoms with Gasteiger partial charge in [0, 0.05) is 17.1 Å². The smallest absolute Gasteiger partial charge is 0.277 e. The largest absolute Gasteiger partial charge is 0.492 e. The summed E-state index contributed by atoms with van der Waals surface area (Å²) in [5, 5.41) is 12.3. The van der Waals surface area contributed by atoms with Crippen molar-refractivity contribution in [3.05, 3.63) is 63.5 Å². The molecule has 0 atom stereocenters. The Morgan fingerprint density at radius 3 is 2.77 bits per heavy atom. The van der Waals surface area contributed by atoms with E-state index >= 15 is 0 Å². The first-order valence-electron chi connectivity index (χ1n) is 9.31. The highest BCUT2D eigenvalue weighted by Crippen LogP contribution is 2.27. The van der Waals surface area contributed by atoms with Crippen LogP contribution in [0, 0.1) is 13.8 Å². The lowest BCUT2D eigenvalue weighted by Crippen LogP contribution is -2.14. The quantitative estimate of drug-likeness (QED) is 0.320. The zero-order valence-corrected chi connectivity index (χ0v) is 18.9. The molecule has 0 spiro atoms. The summed E-state index contributed by atoms with van der Waals surface area (Å²) >= 11 is 13.1. The van der Waals surface area contributed by atoms with Crippen molar-refractivity contribution >= 4 is 46.6 Å². The maximum absolute atomic E-state index is 12.2. The minimum absolute atomic E-state index is 0.125. The summed E-state index contributed by atoms with van der Waals surface area (Å²) in [6, 6.07) is 11.0. The normalized spacial score (nSPS) is 10.8. The topological polar surface area (TPSA) is 77.2 Å². The first-order chi connectivity index (χ1) is 14.4. The van der Waals surface area contributed by atoms with E-state index < -0.39 is 0 Å². The molecule has 1 N–H and O–H groups in total. The molecule has 0 saturated carbocycles. The maximum Gasteiger partial charge on any atom is 0.277 e. The van der Waals surface area contributed by atoms with Gasteiger partial charge in [-0.05, 0) is 50.1 Å². The molecule has 30 heavy (non-hydrogen) atoms. The molecular weight excluding hydrogens is 445 g/mol. The molecule has 0 aliphatic carbocycles. The molecule has 1 aromatic heterocycles. The van der Waals surface area contributed by atoms with Crippen molar-refractivity contribution < 1.29 is 13.9 Å². The van der Waals surface area contributed by atoms with Crippen LogP contribution in [0.15, 0.2) is 46.0 Å². The maximum atomic E-state index is 12.2. The number of nitrogens with zero attached hydrogens (tertiary/aromatic N) is 2. The fourth-order valence-corrected chi connectivity index (χ4v) is 3.71. The third kappa shape index (κ3) is 6.65. The van der Waals surface area contributed by atoms with Crippen LogP contribution in [0.5, 0.6) is 5.75 Å². The van der Waals surface area contributed by atoms with Crippen molar-refractivity contribution in [1.82, 2.24) is 10.2 Å². The number of thioether (sulfide) groups is 1. The van der Waals surface area contributed by atoms with E-state index in [1.54, 1.807) is 18.2 Å². The van der Waals surface area contributed by atoms with Crippen molar-refractivity contribution in [2.75, 3.05) is 17.7 Å². The molecule has 9 heteroatoms. The van der Waals surface area contributed by atoms with Crippen LogP contribution in [-0.4, -0.2) is 28.5 Å². The van der Waals surface area contributed by atoms with Gasteiger partial charge in [0.2, 0.25) is 11.8 Å². The van der Waals surface area contributed by atoms with Gasteiger partial charge in [0.15, 0.2) is 0 Å². The Labute approximate surface area is 189 Å². The number of benzene rings is 2. The van der Waals surface area contributed by atoms with Gasteiger partial charge in [0.05, 0.1) is 17.4 Å². The number of amides is 1. The van der Waals surface area contributed by atoms with Crippen LogP contribution in [0.3, 0.4) is 0 Å². The zero-order valence-electron chi connectivity index (χ0n) is 16.6. The van der Waals surface area contributed by atoms with E-state index in [9.17, 15) is 4.79 Å². The van der Waals surface area contributed by atoms with E-state index in [4.69, 9.17) is 32.4 Å². The van der Waals surface area contributed by atoms with Gasteiger partial charge >= 0.3 is 0 Å². The average molecular weight is 466 g/mol. The molecule has 6 nitrogen and oxygen atoms in total. The third-order valence-corrected chi connectivity index (χ3v) is 5.47. The van der Waals surface area contributed by atoms with Crippen LogP contribution in [0.2, 0.25) is 10.0 Å². The minimum atomic E-state index is -0.125.